The van der Waals surface area contributed by atoms with Crippen LogP contribution in [0.5, 0.6) is 0 Å². The van der Waals surface area contributed by atoms with Crippen LogP contribution in [0.3, 0.4) is 0 Å². The van der Waals surface area contributed by atoms with Crippen molar-refractivity contribution in [2.45, 2.75) is 25.5 Å². The quantitative estimate of drug-likeness (QED) is 0.666. The molecule has 0 spiro atoms. The third-order valence-electron chi connectivity index (χ3n) is 2.55. The first kappa shape index (κ1) is 15.1. The number of carboxylic acids is 1. The first-order valence-electron chi connectivity index (χ1n) is 5.67. The maximum absolute atomic E-state index is 10.7. The van der Waals surface area contributed by atoms with Crippen LogP contribution in [0, 0.1) is 0 Å². The highest BCUT2D eigenvalue weighted by Crippen LogP contribution is 2.15. The monoisotopic (exact) mass is 273 g/mol. The minimum absolute atomic E-state index is 0.308. The number of carboxylic acid groups (broad SMARTS) is 1. The summed E-state index contributed by atoms with van der Waals surface area (Å²) in [4.78, 5) is 11.6. The van der Waals surface area contributed by atoms with Gasteiger partial charge in [0, 0.05) is 43.5 Å². The summed E-state index contributed by atoms with van der Waals surface area (Å²) in [6.45, 7) is 3.25. The van der Waals surface area contributed by atoms with E-state index < -0.39 is 11.6 Å². The van der Waals surface area contributed by atoms with Crippen molar-refractivity contribution in [2.75, 3.05) is 20.3 Å². The standard InChI is InChI=1S/C12H19NO4S/c1-12(16,3-4-17-2)8-13-6-10-5-9(7-18-10)11(14)15/h5,7,13,16H,3-4,6,8H2,1-2H3,(H,14,15). The van der Waals surface area contributed by atoms with E-state index in [0.717, 1.165) is 4.88 Å². The normalized spacial score (nSPS) is 14.4. The van der Waals surface area contributed by atoms with E-state index in [4.69, 9.17) is 9.84 Å². The number of thiophene rings is 1. The summed E-state index contributed by atoms with van der Waals surface area (Å²) >= 11 is 1.40. The van der Waals surface area contributed by atoms with Crippen molar-refractivity contribution in [1.29, 1.82) is 0 Å². The minimum Gasteiger partial charge on any atom is -0.478 e. The van der Waals surface area contributed by atoms with Crippen molar-refractivity contribution in [3.05, 3.63) is 21.9 Å². The molecule has 5 nitrogen and oxygen atoms in total. The molecule has 1 aromatic rings. The third kappa shape index (κ3) is 5.14. The molecule has 6 heteroatoms. The second-order valence-electron chi connectivity index (χ2n) is 4.45. The van der Waals surface area contributed by atoms with Crippen LogP contribution in [0.1, 0.15) is 28.6 Å². The van der Waals surface area contributed by atoms with Gasteiger partial charge in [0.05, 0.1) is 11.2 Å². The molecule has 0 radical (unpaired) electrons. The van der Waals surface area contributed by atoms with Gasteiger partial charge < -0.3 is 20.3 Å². The average molecular weight is 273 g/mol. The van der Waals surface area contributed by atoms with Gasteiger partial charge in [0.1, 0.15) is 0 Å². The largest absolute Gasteiger partial charge is 0.478 e. The second-order valence-corrected chi connectivity index (χ2v) is 5.45. The number of methoxy groups -OCH3 is 1. The number of aromatic carboxylic acids is 1. The van der Waals surface area contributed by atoms with Gasteiger partial charge in [-0.3, -0.25) is 0 Å². The molecule has 0 bridgehead atoms. The van der Waals surface area contributed by atoms with Crippen LogP contribution in [-0.2, 0) is 11.3 Å². The van der Waals surface area contributed by atoms with Crippen molar-refractivity contribution in [2.24, 2.45) is 0 Å². The van der Waals surface area contributed by atoms with Gasteiger partial charge in [0.2, 0.25) is 0 Å². The molecule has 0 aromatic carbocycles. The molecule has 0 aliphatic heterocycles. The first-order chi connectivity index (χ1) is 8.44. The molecule has 0 amide bonds. The lowest BCUT2D eigenvalue weighted by Crippen LogP contribution is -2.38. The van der Waals surface area contributed by atoms with E-state index in [2.05, 4.69) is 5.32 Å². The highest BCUT2D eigenvalue weighted by atomic mass is 32.1. The van der Waals surface area contributed by atoms with Gasteiger partial charge >= 0.3 is 5.97 Å². The van der Waals surface area contributed by atoms with Gasteiger partial charge in [0.15, 0.2) is 0 Å². The van der Waals surface area contributed by atoms with Gasteiger partial charge in [-0.15, -0.1) is 11.3 Å². The van der Waals surface area contributed by atoms with E-state index in [9.17, 15) is 9.90 Å². The predicted octanol–water partition coefficient (Wildman–Crippen LogP) is 1.32. The molecule has 102 valence electrons. The zero-order valence-electron chi connectivity index (χ0n) is 10.6. The maximum atomic E-state index is 10.7. The summed E-state index contributed by atoms with van der Waals surface area (Å²) in [5, 5.41) is 23.5. The molecular weight excluding hydrogens is 254 g/mol. The molecule has 0 aliphatic rings. The van der Waals surface area contributed by atoms with Crippen LogP contribution >= 0.6 is 11.3 Å². The number of aliphatic hydroxyl groups is 1. The predicted molar refractivity (Wildman–Crippen MR) is 70.1 cm³/mol. The molecule has 1 aromatic heterocycles. The molecule has 0 saturated carbocycles. The number of rotatable bonds is 8. The van der Waals surface area contributed by atoms with Crippen molar-refractivity contribution >= 4 is 17.3 Å². The number of ether oxygens (including phenoxy) is 1. The fourth-order valence-electron chi connectivity index (χ4n) is 1.45. The lowest BCUT2D eigenvalue weighted by molar-refractivity contribution is 0.0248. The van der Waals surface area contributed by atoms with Gasteiger partial charge in [-0.2, -0.15) is 0 Å². The topological polar surface area (TPSA) is 78.8 Å². The number of hydrogen-bond acceptors (Lipinski definition) is 5. The fraction of sp³-hybridized carbons (Fsp3) is 0.583. The van der Waals surface area contributed by atoms with E-state index in [-0.39, 0.29) is 0 Å². The molecule has 3 N–H and O–H groups in total. The van der Waals surface area contributed by atoms with Gasteiger partial charge in [-0.1, -0.05) is 0 Å². The summed E-state index contributed by atoms with van der Waals surface area (Å²) < 4.78 is 4.92. The Kier molecular flexibility index (Phi) is 5.74. The summed E-state index contributed by atoms with van der Waals surface area (Å²) in [7, 11) is 1.60. The molecule has 0 saturated heterocycles. The Morgan fingerprint density at radius 1 is 1.61 bits per heavy atom. The Bertz CT molecular complexity index is 389. The maximum Gasteiger partial charge on any atom is 0.336 e. The van der Waals surface area contributed by atoms with Crippen LogP contribution in [-0.4, -0.2) is 42.0 Å². The van der Waals surface area contributed by atoms with Crippen molar-refractivity contribution < 1.29 is 19.7 Å². The zero-order valence-corrected chi connectivity index (χ0v) is 11.4. The number of hydrogen-bond donors (Lipinski definition) is 3. The van der Waals surface area contributed by atoms with Gasteiger partial charge in [-0.25, -0.2) is 4.79 Å². The summed E-state index contributed by atoms with van der Waals surface area (Å²) in [5.41, 5.74) is -0.508. The lowest BCUT2D eigenvalue weighted by Gasteiger charge is -2.23. The van der Waals surface area contributed by atoms with E-state index in [1.54, 1.807) is 25.5 Å². The van der Waals surface area contributed by atoms with E-state index in [0.29, 0.717) is 31.7 Å². The number of nitrogens with one attached hydrogen (secondary N) is 1. The molecular formula is C12H19NO4S. The van der Waals surface area contributed by atoms with Crippen molar-refractivity contribution in [3.8, 4) is 0 Å². The van der Waals surface area contributed by atoms with Crippen LogP contribution in [0.15, 0.2) is 11.4 Å². The van der Waals surface area contributed by atoms with E-state index >= 15 is 0 Å². The fourth-order valence-corrected chi connectivity index (χ4v) is 2.28. The Hall–Kier alpha value is -0.950. The number of carbonyl (C=O) groups is 1. The summed E-state index contributed by atoms with van der Waals surface area (Å²) in [5.74, 6) is -0.912. The van der Waals surface area contributed by atoms with Crippen LogP contribution < -0.4 is 5.32 Å². The second kappa shape index (κ2) is 6.84. The Morgan fingerprint density at radius 3 is 2.89 bits per heavy atom. The van der Waals surface area contributed by atoms with E-state index in [1.807, 2.05) is 0 Å². The summed E-state index contributed by atoms with van der Waals surface area (Å²) in [6, 6.07) is 1.64. The van der Waals surface area contributed by atoms with Crippen LogP contribution in [0.2, 0.25) is 0 Å². The summed E-state index contributed by atoms with van der Waals surface area (Å²) in [6.07, 6.45) is 0.557. The highest BCUT2D eigenvalue weighted by molar-refractivity contribution is 7.10. The average Bonchev–Trinajstić information content (AvgIpc) is 2.75. The highest BCUT2D eigenvalue weighted by Gasteiger charge is 2.19. The van der Waals surface area contributed by atoms with Crippen LogP contribution in [0.25, 0.3) is 0 Å². The zero-order chi connectivity index (χ0) is 13.6. The van der Waals surface area contributed by atoms with Crippen molar-refractivity contribution in [1.82, 2.24) is 5.32 Å². The minimum atomic E-state index is -0.912. The Morgan fingerprint density at radius 2 is 2.33 bits per heavy atom. The Balaban J connectivity index is 2.34. The van der Waals surface area contributed by atoms with Gasteiger partial charge in [0.25, 0.3) is 0 Å². The molecule has 1 atom stereocenters. The molecule has 0 aliphatic carbocycles. The molecule has 1 rings (SSSR count). The van der Waals surface area contributed by atoms with Gasteiger partial charge in [-0.05, 0) is 13.0 Å². The third-order valence-corrected chi connectivity index (χ3v) is 3.49. The SMILES string of the molecule is COCCC(C)(O)CNCc1cc(C(=O)O)cs1. The lowest BCUT2D eigenvalue weighted by atomic mass is 10.0. The molecule has 1 unspecified atom stereocenters. The molecule has 18 heavy (non-hydrogen) atoms. The smallest absolute Gasteiger partial charge is 0.336 e. The molecule has 1 heterocycles. The van der Waals surface area contributed by atoms with Crippen LogP contribution in [0.4, 0.5) is 0 Å². The first-order valence-corrected chi connectivity index (χ1v) is 6.55. The van der Waals surface area contributed by atoms with Crippen molar-refractivity contribution in [3.63, 3.8) is 0 Å². The molecule has 0 fully saturated rings. The van der Waals surface area contributed by atoms with E-state index in [1.165, 1.54) is 11.3 Å². The Labute approximate surface area is 110 Å².